The summed E-state index contributed by atoms with van der Waals surface area (Å²) in [5.74, 6) is -0.612. The van der Waals surface area contributed by atoms with Crippen LogP contribution in [0.25, 0.3) is 0 Å². The molecule has 178 valence electrons. The van der Waals surface area contributed by atoms with Crippen molar-refractivity contribution < 1.29 is 28.2 Å². The second kappa shape index (κ2) is 9.89. The number of allylic oxidation sites excluding steroid dienone is 3. The lowest BCUT2D eigenvalue weighted by molar-refractivity contribution is -0.136. The Morgan fingerprint density at radius 3 is 2.62 bits per heavy atom. The summed E-state index contributed by atoms with van der Waals surface area (Å²) in [6.45, 7) is 1.90. The summed E-state index contributed by atoms with van der Waals surface area (Å²) >= 11 is 6.10. The smallest absolute Gasteiger partial charge is 0.336 e. The van der Waals surface area contributed by atoms with Crippen molar-refractivity contribution in [1.29, 1.82) is 0 Å². The number of halogens is 2. The van der Waals surface area contributed by atoms with Crippen LogP contribution in [0, 0.1) is 5.82 Å². The van der Waals surface area contributed by atoms with Crippen molar-refractivity contribution in [3.05, 3.63) is 80.9 Å². The Morgan fingerprint density at radius 2 is 1.91 bits per heavy atom. The number of hydrogen-bond donors (Lipinski definition) is 1. The number of nitrogens with one attached hydrogen (secondary N) is 1. The van der Waals surface area contributed by atoms with Gasteiger partial charge in [-0.1, -0.05) is 17.7 Å². The minimum atomic E-state index is -0.574. The molecule has 4 rings (SSSR count). The molecular weight excluding hydrogens is 461 g/mol. The van der Waals surface area contributed by atoms with E-state index >= 15 is 0 Å². The molecule has 0 radical (unpaired) electrons. The predicted molar refractivity (Wildman–Crippen MR) is 125 cm³/mol. The molecule has 1 heterocycles. The number of carbonyl (C=O) groups excluding carboxylic acids is 2. The van der Waals surface area contributed by atoms with Crippen LogP contribution in [-0.2, 0) is 20.9 Å². The summed E-state index contributed by atoms with van der Waals surface area (Å²) < 4.78 is 29.8. The van der Waals surface area contributed by atoms with E-state index < -0.39 is 17.7 Å². The van der Waals surface area contributed by atoms with Gasteiger partial charge in [0, 0.05) is 34.9 Å². The number of benzene rings is 2. The molecule has 34 heavy (non-hydrogen) atoms. The molecule has 0 amide bonds. The van der Waals surface area contributed by atoms with E-state index in [1.165, 1.54) is 25.3 Å². The Balaban J connectivity index is 1.76. The number of hydrogen-bond acceptors (Lipinski definition) is 6. The maximum absolute atomic E-state index is 13.4. The summed E-state index contributed by atoms with van der Waals surface area (Å²) in [5, 5.41) is 3.41. The average Bonchev–Trinajstić information content (AvgIpc) is 2.82. The molecule has 0 fully saturated rings. The first kappa shape index (κ1) is 23.8. The van der Waals surface area contributed by atoms with Crippen molar-refractivity contribution in [3.63, 3.8) is 0 Å². The maximum atomic E-state index is 13.4. The molecule has 1 atom stereocenters. The number of Topliss-reactive ketones (excluding diaryl/α,β-unsaturated/α-hetero) is 1. The highest BCUT2D eigenvalue weighted by molar-refractivity contribution is 6.32. The van der Waals surface area contributed by atoms with E-state index in [2.05, 4.69) is 5.32 Å². The molecule has 0 aromatic heterocycles. The Bertz CT molecular complexity index is 1220. The van der Waals surface area contributed by atoms with Crippen molar-refractivity contribution in [2.75, 3.05) is 14.2 Å². The quantitative estimate of drug-likeness (QED) is 0.566. The number of carbonyl (C=O) groups is 2. The molecule has 1 aliphatic carbocycles. The number of ether oxygens (including phenoxy) is 3. The Morgan fingerprint density at radius 1 is 1.15 bits per heavy atom. The summed E-state index contributed by atoms with van der Waals surface area (Å²) in [7, 11) is 2.87. The molecular formula is C26H25ClFNO5. The zero-order chi connectivity index (χ0) is 24.4. The van der Waals surface area contributed by atoms with Gasteiger partial charge >= 0.3 is 5.97 Å². The van der Waals surface area contributed by atoms with Crippen molar-refractivity contribution in [2.24, 2.45) is 0 Å². The normalized spacial score (nSPS) is 17.8. The number of dihydropyridines is 1. The number of methoxy groups -OCH3 is 2. The van der Waals surface area contributed by atoms with E-state index in [4.69, 9.17) is 25.8 Å². The third-order valence-corrected chi connectivity index (χ3v) is 6.39. The van der Waals surface area contributed by atoms with Gasteiger partial charge in [-0.3, -0.25) is 4.79 Å². The second-order valence-electron chi connectivity index (χ2n) is 8.19. The highest BCUT2D eigenvalue weighted by Gasteiger charge is 2.39. The standard InChI is InChI=1S/C26H25ClFNO5/c1-14-23(26(31)33-3)24(25-19(29-14)5-4-6-20(25)30)15-7-9-21(32-2)16(11-15)13-34-22-10-8-17(28)12-18(22)27/h7-12,24,29H,4-6,13H2,1-3H3/t24-/m1/s1. The van der Waals surface area contributed by atoms with Gasteiger partial charge in [0.15, 0.2) is 5.78 Å². The average molecular weight is 486 g/mol. The molecule has 0 saturated heterocycles. The third-order valence-electron chi connectivity index (χ3n) is 6.10. The van der Waals surface area contributed by atoms with Crippen molar-refractivity contribution in [1.82, 2.24) is 5.32 Å². The van der Waals surface area contributed by atoms with E-state index in [9.17, 15) is 14.0 Å². The molecule has 0 spiro atoms. The summed E-state index contributed by atoms with van der Waals surface area (Å²) in [6, 6.07) is 9.38. The summed E-state index contributed by atoms with van der Waals surface area (Å²) in [4.78, 5) is 25.8. The van der Waals surface area contributed by atoms with Gasteiger partial charge < -0.3 is 19.5 Å². The van der Waals surface area contributed by atoms with E-state index in [1.54, 1.807) is 13.2 Å². The molecule has 1 aliphatic heterocycles. The van der Waals surface area contributed by atoms with E-state index in [-0.39, 0.29) is 17.4 Å². The Labute approximate surface area is 202 Å². The SMILES string of the molecule is COC(=O)C1=C(C)NC2=C(C(=O)CCC2)[C@@H]1c1ccc(OC)c(COc2ccc(F)cc2Cl)c1. The van der Waals surface area contributed by atoms with Crippen LogP contribution in [-0.4, -0.2) is 26.0 Å². The fourth-order valence-corrected chi connectivity index (χ4v) is 4.76. The van der Waals surface area contributed by atoms with Crippen LogP contribution in [0.1, 0.15) is 43.2 Å². The maximum Gasteiger partial charge on any atom is 0.336 e. The Kier molecular flexibility index (Phi) is 6.93. The zero-order valence-electron chi connectivity index (χ0n) is 19.2. The first-order valence-electron chi connectivity index (χ1n) is 10.9. The van der Waals surface area contributed by atoms with Crippen LogP contribution in [0.4, 0.5) is 4.39 Å². The number of esters is 1. The van der Waals surface area contributed by atoms with E-state index in [0.29, 0.717) is 40.3 Å². The van der Waals surface area contributed by atoms with Gasteiger partial charge in [0.1, 0.15) is 23.9 Å². The fourth-order valence-electron chi connectivity index (χ4n) is 4.54. The zero-order valence-corrected chi connectivity index (χ0v) is 19.9. The van der Waals surface area contributed by atoms with Crippen LogP contribution in [0.2, 0.25) is 5.02 Å². The molecule has 8 heteroatoms. The van der Waals surface area contributed by atoms with E-state index in [1.807, 2.05) is 19.1 Å². The molecule has 0 unspecified atom stereocenters. The monoisotopic (exact) mass is 485 g/mol. The third kappa shape index (κ3) is 4.53. The minimum Gasteiger partial charge on any atom is -0.496 e. The molecule has 2 aromatic carbocycles. The van der Waals surface area contributed by atoms with Gasteiger partial charge in [0.05, 0.1) is 24.8 Å². The van der Waals surface area contributed by atoms with Crippen LogP contribution in [0.3, 0.4) is 0 Å². The lowest BCUT2D eigenvalue weighted by Gasteiger charge is -2.34. The summed E-state index contributed by atoms with van der Waals surface area (Å²) in [6.07, 6.45) is 1.93. The van der Waals surface area contributed by atoms with Gasteiger partial charge in [0.2, 0.25) is 0 Å². The molecule has 1 N–H and O–H groups in total. The van der Waals surface area contributed by atoms with Gasteiger partial charge in [-0.15, -0.1) is 0 Å². The first-order chi connectivity index (χ1) is 16.3. The molecule has 6 nitrogen and oxygen atoms in total. The topological polar surface area (TPSA) is 73.9 Å². The first-order valence-corrected chi connectivity index (χ1v) is 11.3. The van der Waals surface area contributed by atoms with Gasteiger partial charge in [-0.2, -0.15) is 0 Å². The van der Waals surface area contributed by atoms with Crippen LogP contribution < -0.4 is 14.8 Å². The van der Waals surface area contributed by atoms with Gasteiger partial charge in [-0.25, -0.2) is 9.18 Å². The van der Waals surface area contributed by atoms with Crippen LogP contribution in [0.5, 0.6) is 11.5 Å². The van der Waals surface area contributed by atoms with Gasteiger partial charge in [0.25, 0.3) is 0 Å². The van der Waals surface area contributed by atoms with E-state index in [0.717, 1.165) is 24.1 Å². The molecule has 2 aliphatic rings. The minimum absolute atomic E-state index is 0.0133. The lowest BCUT2D eigenvalue weighted by atomic mass is 9.75. The molecule has 2 aromatic rings. The van der Waals surface area contributed by atoms with Crippen molar-refractivity contribution in [2.45, 2.75) is 38.7 Å². The van der Waals surface area contributed by atoms with Crippen LogP contribution in [0.15, 0.2) is 58.9 Å². The second-order valence-corrected chi connectivity index (χ2v) is 8.60. The lowest BCUT2D eigenvalue weighted by Crippen LogP contribution is -2.34. The van der Waals surface area contributed by atoms with Gasteiger partial charge in [-0.05, 0) is 55.7 Å². The molecule has 0 bridgehead atoms. The number of ketones is 1. The summed E-state index contributed by atoms with van der Waals surface area (Å²) in [5.41, 5.74) is 3.93. The van der Waals surface area contributed by atoms with Crippen molar-refractivity contribution >= 4 is 23.4 Å². The Hall–Kier alpha value is -3.32. The number of rotatable bonds is 6. The molecule has 0 saturated carbocycles. The van der Waals surface area contributed by atoms with Crippen LogP contribution >= 0.6 is 11.6 Å². The fraction of sp³-hybridized carbons (Fsp3) is 0.308. The highest BCUT2D eigenvalue weighted by atomic mass is 35.5. The highest BCUT2D eigenvalue weighted by Crippen LogP contribution is 2.43. The van der Waals surface area contributed by atoms with Crippen molar-refractivity contribution in [3.8, 4) is 11.5 Å². The largest absolute Gasteiger partial charge is 0.496 e. The predicted octanol–water partition coefficient (Wildman–Crippen LogP) is 5.21.